The van der Waals surface area contributed by atoms with Gasteiger partial charge in [0.25, 0.3) is 5.91 Å². The molecular weight excluding hydrogens is 308 g/mol. The Kier molecular flexibility index (Phi) is 6.03. The zero-order chi connectivity index (χ0) is 17.4. The van der Waals surface area contributed by atoms with E-state index in [1.54, 1.807) is 20.3 Å². The van der Waals surface area contributed by atoms with Crippen LogP contribution in [0.2, 0.25) is 0 Å². The maximum absolute atomic E-state index is 12.0. The number of hydrogen-bond donors (Lipinski definition) is 1. The molecule has 6 nitrogen and oxygen atoms in total. The molecule has 1 aromatic carbocycles. The number of amides is 1. The van der Waals surface area contributed by atoms with Crippen molar-refractivity contribution in [2.75, 3.05) is 20.8 Å². The van der Waals surface area contributed by atoms with Crippen molar-refractivity contribution < 1.29 is 18.7 Å². The third-order valence-electron chi connectivity index (χ3n) is 3.37. The highest BCUT2D eigenvalue weighted by Gasteiger charge is 2.09. The second-order valence-corrected chi connectivity index (χ2v) is 4.92. The summed E-state index contributed by atoms with van der Waals surface area (Å²) < 4.78 is 15.3. The fourth-order valence-electron chi connectivity index (χ4n) is 2.12. The molecule has 6 heteroatoms. The fraction of sp³-hybridized carbons (Fsp3) is 0.222. The van der Waals surface area contributed by atoms with E-state index in [4.69, 9.17) is 19.2 Å². The van der Waals surface area contributed by atoms with Gasteiger partial charge in [-0.3, -0.25) is 4.79 Å². The van der Waals surface area contributed by atoms with Crippen LogP contribution in [0.1, 0.15) is 11.1 Å². The van der Waals surface area contributed by atoms with E-state index >= 15 is 0 Å². The van der Waals surface area contributed by atoms with Gasteiger partial charge >= 0.3 is 0 Å². The van der Waals surface area contributed by atoms with Gasteiger partial charge in [0, 0.05) is 12.1 Å². The summed E-state index contributed by atoms with van der Waals surface area (Å²) in [5.41, 5.74) is 1.69. The number of hydrogen-bond acceptors (Lipinski definition) is 5. The van der Waals surface area contributed by atoms with Crippen LogP contribution in [0.15, 0.2) is 46.8 Å². The molecule has 0 fully saturated rings. The van der Waals surface area contributed by atoms with E-state index in [0.29, 0.717) is 30.0 Å². The second-order valence-electron chi connectivity index (χ2n) is 4.92. The Labute approximate surface area is 140 Å². The predicted octanol–water partition coefficient (Wildman–Crippen LogP) is 2.56. The van der Waals surface area contributed by atoms with Crippen LogP contribution in [0.3, 0.4) is 0 Å². The lowest BCUT2D eigenvalue weighted by molar-refractivity contribution is -0.117. The van der Waals surface area contributed by atoms with E-state index in [1.807, 2.05) is 24.3 Å². The molecule has 0 bridgehead atoms. The van der Waals surface area contributed by atoms with Crippen molar-refractivity contribution in [2.24, 2.45) is 0 Å². The molecule has 124 valence electrons. The van der Waals surface area contributed by atoms with Crippen LogP contribution in [-0.2, 0) is 11.2 Å². The Morgan fingerprint density at radius 1 is 1.29 bits per heavy atom. The maximum atomic E-state index is 12.0. The van der Waals surface area contributed by atoms with E-state index in [1.165, 1.54) is 18.6 Å². The van der Waals surface area contributed by atoms with Crippen molar-refractivity contribution in [1.82, 2.24) is 5.32 Å². The summed E-state index contributed by atoms with van der Waals surface area (Å²) in [7, 11) is 3.15. The molecule has 0 atom stereocenters. The van der Waals surface area contributed by atoms with Gasteiger partial charge in [-0.1, -0.05) is 6.07 Å². The molecule has 2 rings (SSSR count). The van der Waals surface area contributed by atoms with Crippen molar-refractivity contribution in [2.45, 2.75) is 6.42 Å². The number of furan rings is 1. The standard InChI is InChI=1S/C18H18N2O4/c1-22-16-4-3-13(10-17(16)23-2)5-7-20-18(21)15(11-19)9-14-6-8-24-12-14/h3-4,6,8-10,12H,5,7H2,1-2H3,(H,20,21)/b15-9+. The molecule has 1 heterocycles. The van der Waals surface area contributed by atoms with Crippen molar-refractivity contribution in [1.29, 1.82) is 5.26 Å². The molecule has 1 aromatic heterocycles. The highest BCUT2D eigenvalue weighted by atomic mass is 16.5. The SMILES string of the molecule is COc1ccc(CCNC(=O)/C(C#N)=C/c2ccoc2)cc1OC. The van der Waals surface area contributed by atoms with Crippen molar-refractivity contribution in [3.05, 3.63) is 53.5 Å². The van der Waals surface area contributed by atoms with Crippen LogP contribution in [0, 0.1) is 11.3 Å². The van der Waals surface area contributed by atoms with Gasteiger partial charge in [0.05, 0.1) is 26.7 Å². The van der Waals surface area contributed by atoms with Crippen LogP contribution in [0.25, 0.3) is 6.08 Å². The van der Waals surface area contributed by atoms with Crippen molar-refractivity contribution in [3.63, 3.8) is 0 Å². The Balaban J connectivity index is 1.94. The van der Waals surface area contributed by atoms with Gasteiger partial charge < -0.3 is 19.2 Å². The molecule has 0 radical (unpaired) electrons. The molecule has 24 heavy (non-hydrogen) atoms. The largest absolute Gasteiger partial charge is 0.493 e. The molecule has 2 aromatic rings. The van der Waals surface area contributed by atoms with E-state index in [-0.39, 0.29) is 5.57 Å². The number of carbonyl (C=O) groups is 1. The predicted molar refractivity (Wildman–Crippen MR) is 88.6 cm³/mol. The van der Waals surface area contributed by atoms with E-state index in [0.717, 1.165) is 5.56 Å². The van der Waals surface area contributed by atoms with Gasteiger partial charge in [0.15, 0.2) is 11.5 Å². The number of nitriles is 1. The number of rotatable bonds is 7. The molecule has 0 saturated carbocycles. The maximum Gasteiger partial charge on any atom is 0.261 e. The lowest BCUT2D eigenvalue weighted by Crippen LogP contribution is -2.26. The molecule has 1 amide bonds. The number of methoxy groups -OCH3 is 2. The molecule has 1 N–H and O–H groups in total. The van der Waals surface area contributed by atoms with Crippen LogP contribution < -0.4 is 14.8 Å². The van der Waals surface area contributed by atoms with Gasteiger partial charge in [-0.15, -0.1) is 0 Å². The summed E-state index contributed by atoms with van der Waals surface area (Å²) in [4.78, 5) is 12.0. The minimum atomic E-state index is -0.417. The summed E-state index contributed by atoms with van der Waals surface area (Å²) in [5.74, 6) is 0.873. The monoisotopic (exact) mass is 326 g/mol. The summed E-state index contributed by atoms with van der Waals surface area (Å²) in [5, 5.41) is 11.8. The van der Waals surface area contributed by atoms with Crippen LogP contribution in [0.4, 0.5) is 0 Å². The number of carbonyl (C=O) groups excluding carboxylic acids is 1. The first-order valence-corrected chi connectivity index (χ1v) is 7.31. The normalized spacial score (nSPS) is 10.8. The molecule has 0 spiro atoms. The number of nitrogens with one attached hydrogen (secondary N) is 1. The third kappa shape index (κ3) is 4.40. The Morgan fingerprint density at radius 2 is 2.08 bits per heavy atom. The average Bonchev–Trinajstić information content (AvgIpc) is 3.12. The molecule has 0 aliphatic rings. The minimum Gasteiger partial charge on any atom is -0.493 e. The van der Waals surface area contributed by atoms with E-state index < -0.39 is 5.91 Å². The smallest absolute Gasteiger partial charge is 0.261 e. The van der Waals surface area contributed by atoms with Crippen molar-refractivity contribution >= 4 is 12.0 Å². The quantitative estimate of drug-likeness (QED) is 0.624. The Morgan fingerprint density at radius 3 is 2.71 bits per heavy atom. The lowest BCUT2D eigenvalue weighted by atomic mass is 10.1. The van der Waals surface area contributed by atoms with Gasteiger partial charge in [-0.2, -0.15) is 5.26 Å². The number of nitrogens with zero attached hydrogens (tertiary/aromatic N) is 1. The highest BCUT2D eigenvalue weighted by molar-refractivity contribution is 6.01. The van der Waals surface area contributed by atoms with E-state index in [2.05, 4.69) is 5.32 Å². The molecular formula is C18H18N2O4. The zero-order valence-electron chi connectivity index (χ0n) is 13.5. The van der Waals surface area contributed by atoms with Crippen LogP contribution >= 0.6 is 0 Å². The molecule has 0 unspecified atom stereocenters. The van der Waals surface area contributed by atoms with Gasteiger partial charge in [-0.05, 0) is 36.3 Å². The second kappa shape index (κ2) is 8.44. The van der Waals surface area contributed by atoms with Gasteiger partial charge in [0.1, 0.15) is 11.6 Å². The van der Waals surface area contributed by atoms with Crippen LogP contribution in [0.5, 0.6) is 11.5 Å². The third-order valence-corrected chi connectivity index (χ3v) is 3.37. The van der Waals surface area contributed by atoms with Gasteiger partial charge in [0.2, 0.25) is 0 Å². The highest BCUT2D eigenvalue weighted by Crippen LogP contribution is 2.27. The summed E-state index contributed by atoms with van der Waals surface area (Å²) >= 11 is 0. The lowest BCUT2D eigenvalue weighted by Gasteiger charge is -2.10. The minimum absolute atomic E-state index is 0.0312. The molecule has 0 aliphatic carbocycles. The Bertz CT molecular complexity index is 758. The Hall–Kier alpha value is -3.20. The topological polar surface area (TPSA) is 84.5 Å². The average molecular weight is 326 g/mol. The molecule has 0 saturated heterocycles. The first kappa shape index (κ1) is 17.2. The first-order valence-electron chi connectivity index (χ1n) is 7.31. The first-order chi connectivity index (χ1) is 11.7. The summed E-state index contributed by atoms with van der Waals surface area (Å²) in [6.07, 6.45) is 5.04. The fourth-order valence-corrected chi connectivity index (χ4v) is 2.12. The molecule has 0 aliphatic heterocycles. The zero-order valence-corrected chi connectivity index (χ0v) is 13.5. The van der Waals surface area contributed by atoms with Gasteiger partial charge in [-0.25, -0.2) is 0 Å². The van der Waals surface area contributed by atoms with Crippen LogP contribution in [-0.4, -0.2) is 26.7 Å². The summed E-state index contributed by atoms with van der Waals surface area (Å²) in [6.45, 7) is 0.402. The summed E-state index contributed by atoms with van der Waals surface area (Å²) in [6, 6.07) is 9.14. The number of benzene rings is 1. The van der Waals surface area contributed by atoms with E-state index in [9.17, 15) is 4.79 Å². The number of ether oxygens (including phenoxy) is 2. The van der Waals surface area contributed by atoms with Crippen molar-refractivity contribution in [3.8, 4) is 17.6 Å².